The van der Waals surface area contributed by atoms with Gasteiger partial charge in [-0.15, -0.1) is 0 Å². The molecule has 2 heterocycles. The number of aromatic hydroxyl groups is 1. The fraction of sp³-hybridized carbons (Fsp3) is 0.200. The van der Waals surface area contributed by atoms with Crippen molar-refractivity contribution < 1.29 is 24.2 Å². The molecule has 200 valence electrons. The Morgan fingerprint density at radius 2 is 1.07 bits per heavy atom. The molecule has 0 amide bonds. The summed E-state index contributed by atoms with van der Waals surface area (Å²) in [5.74, 6) is 0.197. The Labute approximate surface area is 232 Å². The molecule has 5 heteroatoms. The SMILES string of the molecule is CC(=O)CC(C)=O.Oc1ccccc1.c1cc2ccc(C3CO3)c3c4cccc5ccc(C6CO6)c(c(c1)c23)c54. The Hall–Kier alpha value is -4.32. The monoisotopic (exact) mass is 530 g/mol. The van der Waals surface area contributed by atoms with Gasteiger partial charge in [-0.2, -0.15) is 0 Å². The van der Waals surface area contributed by atoms with Gasteiger partial charge in [-0.1, -0.05) is 78.9 Å². The van der Waals surface area contributed by atoms with E-state index in [1.54, 1.807) is 24.3 Å². The highest BCUT2D eigenvalue weighted by atomic mass is 16.6. The molecule has 0 aromatic heterocycles. The van der Waals surface area contributed by atoms with Crippen LogP contribution in [0.3, 0.4) is 0 Å². The predicted octanol–water partition coefficient (Wildman–Crippen LogP) is 7.83. The minimum absolute atomic E-state index is 0.0625. The maximum absolute atomic E-state index is 10.0. The minimum atomic E-state index is -0.0625. The molecule has 2 aliphatic rings. The largest absolute Gasteiger partial charge is 0.508 e. The highest BCUT2D eigenvalue weighted by Crippen LogP contribution is 2.48. The molecule has 2 atom stereocenters. The van der Waals surface area contributed by atoms with Crippen molar-refractivity contribution in [3.63, 3.8) is 0 Å². The van der Waals surface area contributed by atoms with Crippen LogP contribution >= 0.6 is 0 Å². The molecule has 8 rings (SSSR count). The molecule has 0 saturated carbocycles. The van der Waals surface area contributed by atoms with E-state index < -0.39 is 0 Å². The van der Waals surface area contributed by atoms with Gasteiger partial charge in [-0.05, 0) is 80.2 Å². The third kappa shape index (κ3) is 5.14. The number of carbonyl (C=O) groups excluding carboxylic acids is 2. The van der Waals surface area contributed by atoms with Crippen LogP contribution < -0.4 is 0 Å². The molecule has 0 radical (unpaired) electrons. The Kier molecular flexibility index (Phi) is 6.93. The summed E-state index contributed by atoms with van der Waals surface area (Å²) in [7, 11) is 0. The Morgan fingerprint density at radius 1 is 0.625 bits per heavy atom. The molecule has 0 spiro atoms. The van der Waals surface area contributed by atoms with E-state index in [9.17, 15) is 9.59 Å². The number of hydrogen-bond acceptors (Lipinski definition) is 5. The molecule has 5 nitrogen and oxygen atoms in total. The number of fused-ring (bicyclic) bond motifs is 2. The van der Waals surface area contributed by atoms with Gasteiger partial charge in [-0.3, -0.25) is 9.59 Å². The third-order valence-electron chi connectivity index (χ3n) is 7.31. The molecular formula is C35H30O5. The summed E-state index contributed by atoms with van der Waals surface area (Å²) in [6.07, 6.45) is 0.573. The summed E-state index contributed by atoms with van der Waals surface area (Å²) < 4.78 is 11.4. The number of rotatable bonds is 4. The number of benzene rings is 6. The highest BCUT2D eigenvalue weighted by molar-refractivity contribution is 6.34. The van der Waals surface area contributed by atoms with Crippen LogP contribution in [0.15, 0.2) is 91.0 Å². The topological polar surface area (TPSA) is 79.4 Å². The van der Waals surface area contributed by atoms with Crippen LogP contribution in [0.2, 0.25) is 0 Å². The summed E-state index contributed by atoms with van der Waals surface area (Å²) in [5.41, 5.74) is 2.66. The third-order valence-corrected chi connectivity index (χ3v) is 7.31. The molecule has 0 bridgehead atoms. The van der Waals surface area contributed by atoms with E-state index in [-0.39, 0.29) is 30.2 Å². The van der Waals surface area contributed by atoms with E-state index >= 15 is 0 Å². The zero-order valence-electron chi connectivity index (χ0n) is 22.5. The van der Waals surface area contributed by atoms with Crippen molar-refractivity contribution in [2.75, 3.05) is 13.2 Å². The maximum Gasteiger partial charge on any atom is 0.137 e. The summed E-state index contributed by atoms with van der Waals surface area (Å²) >= 11 is 0. The lowest BCUT2D eigenvalue weighted by atomic mass is 9.85. The molecule has 2 saturated heterocycles. The first-order chi connectivity index (χ1) is 19.4. The predicted molar refractivity (Wildman–Crippen MR) is 159 cm³/mol. The first kappa shape index (κ1) is 25.9. The molecule has 6 aromatic rings. The van der Waals surface area contributed by atoms with E-state index in [1.807, 2.05) is 6.07 Å². The fourth-order valence-corrected chi connectivity index (χ4v) is 5.56. The average Bonchev–Trinajstić information content (AvgIpc) is 3.86. The molecule has 6 aromatic carbocycles. The van der Waals surface area contributed by atoms with Crippen LogP contribution in [0.25, 0.3) is 43.1 Å². The Morgan fingerprint density at radius 3 is 1.40 bits per heavy atom. The Balaban J connectivity index is 0.000000172. The summed E-state index contributed by atoms with van der Waals surface area (Å²) in [4.78, 5) is 20.1. The second-order valence-electron chi connectivity index (χ2n) is 10.4. The standard InChI is InChI=1S/C24H16O2.C6H6O.C5H8O2/c1-3-13-7-9-16(20-12-26-20)24-18-6-2-4-14-8-10-15(19-11-25-19)23(22(14)18)17(5-1)21(13)24;7-6-4-2-1-3-5-6;1-4(6)3-5(2)7/h1-10,19-20H,11-12H2;1-5,7H;3H2,1-2H3. The summed E-state index contributed by atoms with van der Waals surface area (Å²) in [5, 5.41) is 19.4. The van der Waals surface area contributed by atoms with Crippen molar-refractivity contribution in [1.82, 2.24) is 0 Å². The number of carbonyl (C=O) groups is 2. The van der Waals surface area contributed by atoms with Crippen molar-refractivity contribution in [1.29, 1.82) is 0 Å². The van der Waals surface area contributed by atoms with E-state index in [1.165, 1.54) is 68.1 Å². The normalized spacial score (nSPS) is 17.2. The van der Waals surface area contributed by atoms with Crippen molar-refractivity contribution in [3.8, 4) is 5.75 Å². The van der Waals surface area contributed by atoms with Gasteiger partial charge < -0.3 is 14.6 Å². The lowest BCUT2D eigenvalue weighted by Crippen LogP contribution is -1.97. The number of ether oxygens (including phenoxy) is 2. The summed E-state index contributed by atoms with van der Waals surface area (Å²) in [6.45, 7) is 4.47. The van der Waals surface area contributed by atoms with Crippen LogP contribution in [-0.4, -0.2) is 29.9 Å². The van der Waals surface area contributed by atoms with Crippen molar-refractivity contribution >= 4 is 54.7 Å². The smallest absolute Gasteiger partial charge is 0.137 e. The van der Waals surface area contributed by atoms with Gasteiger partial charge in [0.25, 0.3) is 0 Å². The second kappa shape index (κ2) is 10.7. The van der Waals surface area contributed by atoms with Gasteiger partial charge in [0.05, 0.1) is 19.6 Å². The van der Waals surface area contributed by atoms with Gasteiger partial charge in [-0.25, -0.2) is 0 Å². The molecule has 2 aliphatic heterocycles. The van der Waals surface area contributed by atoms with Crippen molar-refractivity contribution in [3.05, 3.63) is 102 Å². The molecule has 2 fully saturated rings. The number of phenolic OH excluding ortho intramolecular Hbond substituents is 1. The van der Waals surface area contributed by atoms with E-state index in [2.05, 4.69) is 60.7 Å². The van der Waals surface area contributed by atoms with Gasteiger partial charge in [0.2, 0.25) is 0 Å². The zero-order chi connectivity index (χ0) is 27.8. The summed E-state index contributed by atoms with van der Waals surface area (Å²) in [6, 6.07) is 31.1. The number of phenols is 1. The highest BCUT2D eigenvalue weighted by Gasteiger charge is 2.31. The second-order valence-corrected chi connectivity index (χ2v) is 10.4. The van der Waals surface area contributed by atoms with Crippen LogP contribution in [0.4, 0.5) is 0 Å². The Bertz CT molecular complexity index is 1730. The quantitative estimate of drug-likeness (QED) is 0.109. The van der Waals surface area contributed by atoms with E-state index in [4.69, 9.17) is 14.6 Å². The number of epoxide rings is 2. The number of ketones is 2. The number of Topliss-reactive ketones (excluding diaryl/α,β-unsaturated/α-hetero) is 2. The van der Waals surface area contributed by atoms with Crippen LogP contribution in [-0.2, 0) is 19.1 Å². The molecule has 40 heavy (non-hydrogen) atoms. The molecular weight excluding hydrogens is 500 g/mol. The number of para-hydroxylation sites is 1. The fourth-order valence-electron chi connectivity index (χ4n) is 5.56. The van der Waals surface area contributed by atoms with Crippen LogP contribution in [0.1, 0.15) is 43.6 Å². The first-order valence-electron chi connectivity index (χ1n) is 13.5. The minimum Gasteiger partial charge on any atom is -0.508 e. The molecule has 1 N–H and O–H groups in total. The van der Waals surface area contributed by atoms with E-state index in [0.29, 0.717) is 5.75 Å². The van der Waals surface area contributed by atoms with Gasteiger partial charge in [0.15, 0.2) is 0 Å². The number of hydrogen-bond donors (Lipinski definition) is 1. The van der Waals surface area contributed by atoms with Crippen molar-refractivity contribution in [2.45, 2.75) is 32.5 Å². The lowest BCUT2D eigenvalue weighted by Gasteiger charge is -2.18. The maximum atomic E-state index is 10.0. The first-order valence-corrected chi connectivity index (χ1v) is 13.5. The molecule has 2 unspecified atom stereocenters. The van der Waals surface area contributed by atoms with Gasteiger partial charge >= 0.3 is 0 Å². The van der Waals surface area contributed by atoms with Crippen LogP contribution in [0.5, 0.6) is 5.75 Å². The average molecular weight is 531 g/mol. The zero-order valence-corrected chi connectivity index (χ0v) is 22.5. The molecule has 0 aliphatic carbocycles. The van der Waals surface area contributed by atoms with Gasteiger partial charge in [0.1, 0.15) is 29.5 Å². The lowest BCUT2D eigenvalue weighted by molar-refractivity contribution is -0.124. The van der Waals surface area contributed by atoms with Gasteiger partial charge in [0, 0.05) is 0 Å². The van der Waals surface area contributed by atoms with E-state index in [0.717, 1.165) is 13.2 Å². The van der Waals surface area contributed by atoms with Crippen molar-refractivity contribution in [2.24, 2.45) is 0 Å². The van der Waals surface area contributed by atoms with Crippen LogP contribution in [0, 0.1) is 0 Å².